The first-order chi connectivity index (χ1) is 6.86. The number of hydrogen-bond donors (Lipinski definition) is 3. The highest BCUT2D eigenvalue weighted by Gasteiger charge is 2.13. The van der Waals surface area contributed by atoms with Crippen LogP contribution in [0, 0.1) is 5.82 Å². The molecule has 0 bridgehead atoms. The van der Waals surface area contributed by atoms with Crippen LogP contribution < -0.4 is 16.4 Å². The fraction of sp³-hybridized carbons (Fsp3) is 0.400. The summed E-state index contributed by atoms with van der Waals surface area (Å²) >= 11 is 0. The first-order valence-electron chi connectivity index (χ1n) is 4.83. The lowest BCUT2D eigenvalue weighted by Crippen LogP contribution is -2.55. The monoisotopic (exact) mass is 195 g/mol. The Hall–Kier alpha value is -0.970. The smallest absolute Gasteiger partial charge is 0.126 e. The van der Waals surface area contributed by atoms with Crippen molar-refractivity contribution in [1.29, 1.82) is 0 Å². The Balaban J connectivity index is 1.99. The molecule has 3 N–H and O–H groups in total. The van der Waals surface area contributed by atoms with Crippen LogP contribution in [0.3, 0.4) is 0 Å². The van der Waals surface area contributed by atoms with E-state index in [9.17, 15) is 4.39 Å². The molecule has 1 aliphatic rings. The van der Waals surface area contributed by atoms with Gasteiger partial charge >= 0.3 is 0 Å². The van der Waals surface area contributed by atoms with Crippen molar-refractivity contribution >= 4 is 0 Å². The van der Waals surface area contributed by atoms with E-state index in [2.05, 4.69) is 16.4 Å². The topological polar surface area (TPSA) is 36.1 Å². The highest BCUT2D eigenvalue weighted by atomic mass is 19.1. The van der Waals surface area contributed by atoms with Gasteiger partial charge in [-0.15, -0.1) is 0 Å². The van der Waals surface area contributed by atoms with Gasteiger partial charge < -0.3 is 0 Å². The third kappa shape index (κ3) is 2.29. The molecule has 2 rings (SSSR count). The molecule has 0 aliphatic carbocycles. The second-order valence-corrected chi connectivity index (χ2v) is 3.48. The quantitative estimate of drug-likeness (QED) is 0.651. The van der Waals surface area contributed by atoms with Gasteiger partial charge in [0.2, 0.25) is 0 Å². The number of nitrogens with one attached hydrogen (secondary N) is 3. The molecule has 1 heterocycles. The molecule has 76 valence electrons. The maximum Gasteiger partial charge on any atom is 0.126 e. The SMILES string of the molecule is Fc1ccccc1CC1CCNNN1. The Bertz CT molecular complexity index is 297. The largest absolute Gasteiger partial charge is 0.244 e. The van der Waals surface area contributed by atoms with E-state index < -0.39 is 0 Å². The molecule has 1 fully saturated rings. The number of halogens is 1. The minimum Gasteiger partial charge on any atom is -0.244 e. The number of hydrogen-bond acceptors (Lipinski definition) is 3. The van der Waals surface area contributed by atoms with Gasteiger partial charge in [-0.2, -0.15) is 5.53 Å². The van der Waals surface area contributed by atoms with Crippen LogP contribution in [0.25, 0.3) is 0 Å². The van der Waals surface area contributed by atoms with E-state index in [1.807, 2.05) is 12.1 Å². The number of benzene rings is 1. The van der Waals surface area contributed by atoms with Gasteiger partial charge in [-0.1, -0.05) is 18.2 Å². The zero-order valence-corrected chi connectivity index (χ0v) is 7.89. The minimum absolute atomic E-state index is 0.118. The van der Waals surface area contributed by atoms with Gasteiger partial charge in [0.15, 0.2) is 0 Å². The lowest BCUT2D eigenvalue weighted by atomic mass is 10.0. The van der Waals surface area contributed by atoms with Gasteiger partial charge in [0.05, 0.1) is 0 Å². The summed E-state index contributed by atoms with van der Waals surface area (Å²) in [6.07, 6.45) is 1.72. The van der Waals surface area contributed by atoms with Crippen molar-refractivity contribution in [1.82, 2.24) is 16.4 Å². The maximum absolute atomic E-state index is 13.3. The van der Waals surface area contributed by atoms with Crippen molar-refractivity contribution in [3.63, 3.8) is 0 Å². The van der Waals surface area contributed by atoms with Gasteiger partial charge in [0.25, 0.3) is 0 Å². The molecular formula is C10H14FN3. The summed E-state index contributed by atoms with van der Waals surface area (Å²) in [7, 11) is 0. The van der Waals surface area contributed by atoms with Crippen LogP contribution in [0.5, 0.6) is 0 Å². The molecule has 1 unspecified atom stereocenters. The predicted molar refractivity (Wildman–Crippen MR) is 52.8 cm³/mol. The van der Waals surface area contributed by atoms with Crippen LogP contribution in [0.4, 0.5) is 4.39 Å². The minimum atomic E-state index is -0.118. The maximum atomic E-state index is 13.3. The van der Waals surface area contributed by atoms with E-state index in [1.165, 1.54) is 6.07 Å². The summed E-state index contributed by atoms with van der Waals surface area (Å²) in [5.74, 6) is -0.118. The van der Waals surface area contributed by atoms with E-state index in [4.69, 9.17) is 0 Å². The van der Waals surface area contributed by atoms with Crippen LogP contribution in [0.2, 0.25) is 0 Å². The fourth-order valence-corrected chi connectivity index (χ4v) is 1.62. The molecule has 1 saturated heterocycles. The van der Waals surface area contributed by atoms with Gasteiger partial charge in [-0.05, 0) is 24.5 Å². The molecule has 1 aromatic carbocycles. The van der Waals surface area contributed by atoms with Gasteiger partial charge in [-0.3, -0.25) is 0 Å². The van der Waals surface area contributed by atoms with Crippen molar-refractivity contribution in [2.24, 2.45) is 0 Å². The Labute approximate surface area is 82.6 Å². The van der Waals surface area contributed by atoms with Crippen molar-refractivity contribution in [3.05, 3.63) is 35.6 Å². The Morgan fingerprint density at radius 1 is 1.36 bits per heavy atom. The Morgan fingerprint density at radius 3 is 2.93 bits per heavy atom. The molecule has 0 amide bonds. The highest BCUT2D eigenvalue weighted by Crippen LogP contribution is 2.10. The van der Waals surface area contributed by atoms with Crippen LogP contribution in [0.1, 0.15) is 12.0 Å². The third-order valence-electron chi connectivity index (χ3n) is 2.41. The molecule has 1 aromatic rings. The molecule has 1 aliphatic heterocycles. The lowest BCUT2D eigenvalue weighted by molar-refractivity contribution is 0.292. The Kier molecular flexibility index (Phi) is 3.08. The molecular weight excluding hydrogens is 181 g/mol. The van der Waals surface area contributed by atoms with E-state index in [0.29, 0.717) is 6.04 Å². The van der Waals surface area contributed by atoms with Crippen LogP contribution in [-0.4, -0.2) is 12.6 Å². The molecule has 3 nitrogen and oxygen atoms in total. The molecule has 0 aromatic heterocycles. The first kappa shape index (κ1) is 9.58. The third-order valence-corrected chi connectivity index (χ3v) is 2.41. The van der Waals surface area contributed by atoms with Crippen LogP contribution in [0.15, 0.2) is 24.3 Å². The molecule has 0 radical (unpaired) electrons. The summed E-state index contributed by atoms with van der Waals surface area (Å²) in [5, 5.41) is 0. The average molecular weight is 195 g/mol. The van der Waals surface area contributed by atoms with Crippen LogP contribution >= 0.6 is 0 Å². The van der Waals surface area contributed by atoms with Gasteiger partial charge in [-0.25, -0.2) is 15.2 Å². The summed E-state index contributed by atoms with van der Waals surface area (Å²) in [4.78, 5) is 0. The van der Waals surface area contributed by atoms with Gasteiger partial charge in [0, 0.05) is 12.6 Å². The normalized spacial score (nSPS) is 22.2. The zero-order valence-electron chi connectivity index (χ0n) is 7.89. The molecule has 1 atom stereocenters. The summed E-state index contributed by atoms with van der Waals surface area (Å²) in [6.45, 7) is 0.909. The lowest BCUT2D eigenvalue weighted by Gasteiger charge is -2.25. The summed E-state index contributed by atoms with van der Waals surface area (Å²) in [5.41, 5.74) is 9.65. The number of hydrazine groups is 2. The molecule has 4 heteroatoms. The highest BCUT2D eigenvalue weighted by molar-refractivity contribution is 5.18. The molecule has 0 spiro atoms. The molecule has 14 heavy (non-hydrogen) atoms. The van der Waals surface area contributed by atoms with E-state index in [-0.39, 0.29) is 5.82 Å². The summed E-state index contributed by atoms with van der Waals surface area (Å²) < 4.78 is 13.3. The standard InChI is InChI=1S/C10H14FN3/c11-10-4-2-1-3-8(10)7-9-5-6-12-14-13-9/h1-4,9,12-14H,5-7H2. The number of rotatable bonds is 2. The second kappa shape index (κ2) is 4.50. The van der Waals surface area contributed by atoms with Crippen molar-refractivity contribution in [2.75, 3.05) is 6.54 Å². The Morgan fingerprint density at radius 2 is 2.21 bits per heavy atom. The van der Waals surface area contributed by atoms with Crippen molar-refractivity contribution in [2.45, 2.75) is 18.9 Å². The van der Waals surface area contributed by atoms with E-state index >= 15 is 0 Å². The van der Waals surface area contributed by atoms with Gasteiger partial charge in [0.1, 0.15) is 5.82 Å². The van der Waals surface area contributed by atoms with E-state index in [0.717, 1.165) is 24.9 Å². The molecule has 0 saturated carbocycles. The fourth-order valence-electron chi connectivity index (χ4n) is 1.62. The van der Waals surface area contributed by atoms with Crippen molar-refractivity contribution < 1.29 is 4.39 Å². The zero-order chi connectivity index (χ0) is 9.80. The second-order valence-electron chi connectivity index (χ2n) is 3.48. The average Bonchev–Trinajstić information content (AvgIpc) is 2.23. The predicted octanol–water partition coefficient (Wildman–Crippen LogP) is 0.739. The van der Waals surface area contributed by atoms with Crippen LogP contribution in [-0.2, 0) is 6.42 Å². The summed E-state index contributed by atoms with van der Waals surface area (Å²) in [6, 6.07) is 7.22. The van der Waals surface area contributed by atoms with Crippen molar-refractivity contribution in [3.8, 4) is 0 Å². The first-order valence-corrected chi connectivity index (χ1v) is 4.83. The van der Waals surface area contributed by atoms with E-state index in [1.54, 1.807) is 6.07 Å².